The Morgan fingerprint density at radius 2 is 1.80 bits per heavy atom. The molecule has 1 aromatic carbocycles. The van der Waals surface area contributed by atoms with E-state index in [1.165, 1.54) is 30.2 Å². The molecule has 1 aromatic heterocycles. The minimum Gasteiger partial charge on any atom is -0.465 e. The van der Waals surface area contributed by atoms with E-state index in [1.807, 2.05) is 0 Å². The molecule has 0 aliphatic rings. The summed E-state index contributed by atoms with van der Waals surface area (Å²) in [6, 6.07) is 6.55. The normalized spacial score (nSPS) is 10.7. The number of anilines is 1. The Labute approximate surface area is 159 Å². The molecule has 134 valence electrons. The van der Waals surface area contributed by atoms with E-state index < -0.39 is 5.97 Å². The molecule has 0 atom stereocenters. The Kier molecular flexibility index (Phi) is 7.73. The van der Waals surface area contributed by atoms with Crippen molar-refractivity contribution in [2.75, 3.05) is 23.9 Å². The smallest absolute Gasteiger partial charge is 0.337 e. The summed E-state index contributed by atoms with van der Waals surface area (Å²) in [6.45, 7) is 4.32. The van der Waals surface area contributed by atoms with Gasteiger partial charge in [0.05, 0.1) is 18.4 Å². The van der Waals surface area contributed by atoms with Gasteiger partial charge in [0, 0.05) is 11.4 Å². The molecule has 1 amide bonds. The maximum atomic E-state index is 12.0. The highest BCUT2D eigenvalue weighted by atomic mass is 32.2. The zero-order valence-corrected chi connectivity index (χ0v) is 16.6. The summed E-state index contributed by atoms with van der Waals surface area (Å²) >= 11 is 4.55. The van der Waals surface area contributed by atoms with E-state index in [2.05, 4.69) is 34.1 Å². The molecule has 6 nitrogen and oxygen atoms in total. The third-order valence-corrected chi connectivity index (χ3v) is 6.46. The lowest BCUT2D eigenvalue weighted by atomic mass is 10.2. The summed E-state index contributed by atoms with van der Waals surface area (Å²) in [5.74, 6) is 1.31. The van der Waals surface area contributed by atoms with Crippen LogP contribution in [0.1, 0.15) is 24.2 Å². The van der Waals surface area contributed by atoms with Crippen LogP contribution in [0.25, 0.3) is 0 Å². The molecule has 1 heterocycles. The van der Waals surface area contributed by atoms with Gasteiger partial charge in [-0.3, -0.25) is 4.79 Å². The number of methoxy groups -OCH3 is 1. The highest BCUT2D eigenvalue weighted by Crippen LogP contribution is 2.29. The van der Waals surface area contributed by atoms with E-state index in [4.69, 9.17) is 0 Å². The van der Waals surface area contributed by atoms with Crippen LogP contribution >= 0.6 is 34.9 Å². The van der Waals surface area contributed by atoms with Crippen LogP contribution in [0.4, 0.5) is 5.69 Å². The largest absolute Gasteiger partial charge is 0.465 e. The molecule has 0 aliphatic carbocycles. The number of nitrogens with zero attached hydrogens (tertiary/aromatic N) is 2. The van der Waals surface area contributed by atoms with Crippen LogP contribution in [0.5, 0.6) is 0 Å². The van der Waals surface area contributed by atoms with Gasteiger partial charge in [0.1, 0.15) is 0 Å². The summed E-state index contributed by atoms with van der Waals surface area (Å²) < 4.78 is 6.34. The fraction of sp³-hybridized carbons (Fsp3) is 0.375. The number of amides is 1. The summed E-state index contributed by atoms with van der Waals surface area (Å²) in [6.07, 6.45) is 0. The average molecular weight is 398 g/mol. The Balaban J connectivity index is 1.79. The van der Waals surface area contributed by atoms with Gasteiger partial charge in [-0.25, -0.2) is 4.79 Å². The van der Waals surface area contributed by atoms with Gasteiger partial charge in [0.2, 0.25) is 5.91 Å². The van der Waals surface area contributed by atoms with Gasteiger partial charge < -0.3 is 10.1 Å². The monoisotopic (exact) mass is 397 g/mol. The minimum atomic E-state index is -0.407. The van der Waals surface area contributed by atoms with Crippen molar-refractivity contribution in [1.29, 1.82) is 0 Å². The van der Waals surface area contributed by atoms with Crippen molar-refractivity contribution in [3.05, 3.63) is 29.8 Å². The van der Waals surface area contributed by atoms with Crippen LogP contribution in [0, 0.1) is 5.92 Å². The fourth-order valence-corrected chi connectivity index (χ4v) is 4.48. The van der Waals surface area contributed by atoms with Crippen LogP contribution in [-0.4, -0.2) is 40.7 Å². The highest BCUT2D eigenvalue weighted by molar-refractivity contribution is 8.03. The lowest BCUT2D eigenvalue weighted by molar-refractivity contribution is -0.113. The number of thioether (sulfide) groups is 2. The van der Waals surface area contributed by atoms with Gasteiger partial charge in [-0.15, -0.1) is 10.2 Å². The fourth-order valence-electron chi connectivity index (χ4n) is 1.68. The zero-order chi connectivity index (χ0) is 18.2. The van der Waals surface area contributed by atoms with Gasteiger partial charge >= 0.3 is 5.97 Å². The van der Waals surface area contributed by atoms with Crippen LogP contribution < -0.4 is 5.32 Å². The number of benzene rings is 1. The Hall–Kier alpha value is -1.58. The predicted molar refractivity (Wildman–Crippen MR) is 103 cm³/mol. The van der Waals surface area contributed by atoms with E-state index in [0.29, 0.717) is 17.2 Å². The molecular weight excluding hydrogens is 378 g/mol. The van der Waals surface area contributed by atoms with Gasteiger partial charge in [-0.1, -0.05) is 48.7 Å². The summed E-state index contributed by atoms with van der Waals surface area (Å²) in [7, 11) is 1.33. The first-order chi connectivity index (χ1) is 12.0. The first kappa shape index (κ1) is 19.7. The number of hydrogen-bond acceptors (Lipinski definition) is 8. The molecule has 0 bridgehead atoms. The molecular formula is C16H19N3O3S3. The van der Waals surface area contributed by atoms with E-state index in [-0.39, 0.29) is 11.7 Å². The maximum Gasteiger partial charge on any atom is 0.337 e. The third-order valence-electron chi connectivity index (χ3n) is 2.84. The summed E-state index contributed by atoms with van der Waals surface area (Å²) in [5.41, 5.74) is 1.07. The minimum absolute atomic E-state index is 0.137. The third kappa shape index (κ3) is 6.68. The average Bonchev–Trinajstić information content (AvgIpc) is 3.06. The predicted octanol–water partition coefficient (Wildman–Crippen LogP) is 3.80. The molecule has 0 aliphatic heterocycles. The molecule has 0 saturated heterocycles. The van der Waals surface area contributed by atoms with Crippen molar-refractivity contribution in [2.24, 2.45) is 5.92 Å². The maximum absolute atomic E-state index is 12.0. The number of hydrogen-bond donors (Lipinski definition) is 1. The summed E-state index contributed by atoms with van der Waals surface area (Å²) in [5, 5.41) is 11.0. The molecule has 0 fully saturated rings. The molecule has 0 unspecified atom stereocenters. The van der Waals surface area contributed by atoms with Crippen LogP contribution in [0.15, 0.2) is 32.9 Å². The molecule has 0 spiro atoms. The second-order valence-corrected chi connectivity index (χ2v) is 8.91. The van der Waals surface area contributed by atoms with Crippen molar-refractivity contribution in [1.82, 2.24) is 10.2 Å². The topological polar surface area (TPSA) is 81.2 Å². The van der Waals surface area contributed by atoms with Crippen LogP contribution in [0.3, 0.4) is 0 Å². The van der Waals surface area contributed by atoms with Crippen LogP contribution in [0.2, 0.25) is 0 Å². The van der Waals surface area contributed by atoms with Gasteiger partial charge in [-0.2, -0.15) is 0 Å². The molecule has 2 rings (SSSR count). The lowest BCUT2D eigenvalue weighted by Crippen LogP contribution is -2.14. The second kappa shape index (κ2) is 9.79. The van der Waals surface area contributed by atoms with Crippen LogP contribution in [-0.2, 0) is 9.53 Å². The lowest BCUT2D eigenvalue weighted by Gasteiger charge is -2.05. The van der Waals surface area contributed by atoms with Crippen molar-refractivity contribution < 1.29 is 14.3 Å². The molecule has 1 N–H and O–H groups in total. The molecule has 9 heteroatoms. The number of carbonyl (C=O) groups is 2. The van der Waals surface area contributed by atoms with E-state index in [9.17, 15) is 9.59 Å². The Bertz CT molecular complexity index is 717. The van der Waals surface area contributed by atoms with Crippen molar-refractivity contribution in [3.63, 3.8) is 0 Å². The number of ether oxygens (including phenoxy) is 1. The quantitative estimate of drug-likeness (QED) is 0.536. The molecule has 0 radical (unpaired) electrons. The molecule has 0 saturated carbocycles. The first-order valence-corrected chi connectivity index (χ1v) is 10.3. The Morgan fingerprint density at radius 3 is 2.40 bits per heavy atom. The number of carbonyl (C=O) groups excluding carboxylic acids is 2. The Morgan fingerprint density at radius 1 is 1.16 bits per heavy atom. The van der Waals surface area contributed by atoms with E-state index in [1.54, 1.807) is 36.0 Å². The molecule has 25 heavy (non-hydrogen) atoms. The highest BCUT2D eigenvalue weighted by Gasteiger charge is 2.10. The number of aromatic nitrogens is 2. The van der Waals surface area contributed by atoms with Crippen molar-refractivity contribution >= 4 is 52.4 Å². The van der Waals surface area contributed by atoms with E-state index in [0.717, 1.165) is 14.4 Å². The molecule has 2 aromatic rings. The number of nitrogens with one attached hydrogen (secondary N) is 1. The van der Waals surface area contributed by atoms with Gasteiger partial charge in [0.25, 0.3) is 0 Å². The SMILES string of the molecule is COC(=O)c1ccc(NC(=O)CSc2nnc(SCC(C)C)s2)cc1. The standard InChI is InChI=1S/C16H19N3O3S3/c1-10(2)8-23-15-18-19-16(25-15)24-9-13(20)17-12-6-4-11(5-7-12)14(21)22-3/h4-7,10H,8-9H2,1-3H3,(H,17,20). The van der Waals surface area contributed by atoms with Gasteiger partial charge in [0.15, 0.2) is 8.68 Å². The second-order valence-electron chi connectivity index (χ2n) is 5.44. The number of rotatable bonds is 8. The van der Waals surface area contributed by atoms with E-state index >= 15 is 0 Å². The van der Waals surface area contributed by atoms with Crippen molar-refractivity contribution in [3.8, 4) is 0 Å². The summed E-state index contributed by atoms with van der Waals surface area (Å²) in [4.78, 5) is 23.4. The van der Waals surface area contributed by atoms with Gasteiger partial charge in [-0.05, 0) is 30.2 Å². The number of esters is 1. The zero-order valence-electron chi connectivity index (χ0n) is 14.1. The first-order valence-electron chi connectivity index (χ1n) is 7.55. The van der Waals surface area contributed by atoms with Crippen molar-refractivity contribution in [2.45, 2.75) is 22.5 Å².